The van der Waals surface area contributed by atoms with Gasteiger partial charge in [0.1, 0.15) is 10.6 Å². The fourth-order valence-electron chi connectivity index (χ4n) is 1.76. The molecule has 0 spiro atoms. The molecule has 2 aromatic rings. The number of rotatable bonds is 3. The third-order valence-corrected chi connectivity index (χ3v) is 4.20. The molecule has 0 amide bonds. The average Bonchev–Trinajstić information content (AvgIpc) is 2.37. The zero-order chi connectivity index (χ0) is 14.8. The van der Waals surface area contributed by atoms with Crippen molar-refractivity contribution in [2.45, 2.75) is 31.2 Å². The van der Waals surface area contributed by atoms with Crippen LogP contribution in [0.5, 0.6) is 0 Å². The summed E-state index contributed by atoms with van der Waals surface area (Å²) in [6.07, 6.45) is 3.16. The van der Waals surface area contributed by atoms with Gasteiger partial charge in [0.15, 0.2) is 0 Å². The topological polar surface area (TPSA) is 72.0 Å². The molecular formula is C14H17N3O2S. The van der Waals surface area contributed by atoms with Crippen LogP contribution in [0.15, 0.2) is 47.6 Å². The quantitative estimate of drug-likeness (QED) is 0.941. The second kappa shape index (κ2) is 5.30. The number of nitrogens with one attached hydrogen (secondary N) is 1. The van der Waals surface area contributed by atoms with Gasteiger partial charge in [-0.2, -0.15) is 0 Å². The van der Waals surface area contributed by atoms with Crippen molar-refractivity contribution in [3.63, 3.8) is 0 Å². The lowest BCUT2D eigenvalue weighted by atomic mass is 10.1. The Hall–Kier alpha value is -1.79. The minimum Gasteiger partial charge on any atom is -0.255 e. The van der Waals surface area contributed by atoms with Crippen molar-refractivity contribution in [1.82, 2.24) is 14.7 Å². The highest BCUT2D eigenvalue weighted by molar-refractivity contribution is 7.89. The molecule has 2 heterocycles. The molecule has 0 aliphatic heterocycles. The van der Waals surface area contributed by atoms with E-state index in [2.05, 4.69) is 14.7 Å². The van der Waals surface area contributed by atoms with Crippen LogP contribution in [0.2, 0.25) is 0 Å². The Labute approximate surface area is 119 Å². The molecule has 6 heteroatoms. The lowest BCUT2D eigenvalue weighted by Gasteiger charge is -2.21. The van der Waals surface area contributed by atoms with E-state index in [0.717, 1.165) is 0 Å². The van der Waals surface area contributed by atoms with Crippen molar-refractivity contribution in [2.24, 2.45) is 0 Å². The maximum atomic E-state index is 12.5. The van der Waals surface area contributed by atoms with Crippen molar-refractivity contribution >= 4 is 10.0 Å². The van der Waals surface area contributed by atoms with Gasteiger partial charge in [-0.15, -0.1) is 0 Å². The Morgan fingerprint density at radius 1 is 1.00 bits per heavy atom. The highest BCUT2D eigenvalue weighted by Gasteiger charge is 2.25. The molecule has 0 saturated carbocycles. The van der Waals surface area contributed by atoms with E-state index in [4.69, 9.17) is 0 Å². The molecule has 0 atom stereocenters. The molecule has 0 saturated heterocycles. The maximum absolute atomic E-state index is 12.5. The fourth-order valence-corrected chi connectivity index (χ4v) is 3.35. The molecule has 2 aromatic heterocycles. The van der Waals surface area contributed by atoms with Gasteiger partial charge in [0, 0.05) is 17.9 Å². The first-order valence-corrected chi connectivity index (χ1v) is 7.68. The van der Waals surface area contributed by atoms with Crippen LogP contribution in [0.25, 0.3) is 11.4 Å². The summed E-state index contributed by atoms with van der Waals surface area (Å²) in [6.45, 7) is 5.38. The van der Waals surface area contributed by atoms with E-state index in [1.165, 1.54) is 6.07 Å². The molecule has 0 bridgehead atoms. The normalized spacial score (nSPS) is 12.3. The summed E-state index contributed by atoms with van der Waals surface area (Å²) in [5, 5.41) is 0. The lowest BCUT2D eigenvalue weighted by Crippen LogP contribution is -2.40. The summed E-state index contributed by atoms with van der Waals surface area (Å²) in [5.74, 6) is 0. The molecule has 0 aromatic carbocycles. The van der Waals surface area contributed by atoms with E-state index < -0.39 is 15.6 Å². The summed E-state index contributed by atoms with van der Waals surface area (Å²) in [7, 11) is -3.65. The van der Waals surface area contributed by atoms with Crippen molar-refractivity contribution in [3.05, 3.63) is 42.7 Å². The minimum absolute atomic E-state index is 0.133. The largest absolute Gasteiger partial charge is 0.255 e. The smallest absolute Gasteiger partial charge is 0.243 e. The first kappa shape index (κ1) is 14.6. The van der Waals surface area contributed by atoms with Crippen LogP contribution in [-0.4, -0.2) is 23.9 Å². The van der Waals surface area contributed by atoms with Crippen molar-refractivity contribution in [2.75, 3.05) is 0 Å². The maximum Gasteiger partial charge on any atom is 0.243 e. The van der Waals surface area contributed by atoms with E-state index in [1.54, 1.807) is 57.4 Å². The van der Waals surface area contributed by atoms with Gasteiger partial charge in [-0.25, -0.2) is 13.1 Å². The van der Waals surface area contributed by atoms with Crippen LogP contribution in [-0.2, 0) is 10.0 Å². The first-order valence-electron chi connectivity index (χ1n) is 6.20. The second-order valence-electron chi connectivity index (χ2n) is 5.42. The van der Waals surface area contributed by atoms with Crippen LogP contribution in [0.3, 0.4) is 0 Å². The van der Waals surface area contributed by atoms with Gasteiger partial charge in [-0.05, 0) is 45.0 Å². The van der Waals surface area contributed by atoms with Gasteiger partial charge in [0.25, 0.3) is 0 Å². The summed E-state index contributed by atoms with van der Waals surface area (Å²) in [4.78, 5) is 8.46. The van der Waals surface area contributed by atoms with Crippen LogP contribution in [0.4, 0.5) is 0 Å². The van der Waals surface area contributed by atoms with Gasteiger partial charge in [0.2, 0.25) is 10.0 Å². The van der Waals surface area contributed by atoms with E-state index in [1.807, 2.05) is 0 Å². The molecule has 0 unspecified atom stereocenters. The summed E-state index contributed by atoms with van der Waals surface area (Å²) in [6, 6.07) is 8.44. The summed E-state index contributed by atoms with van der Waals surface area (Å²) < 4.78 is 27.6. The van der Waals surface area contributed by atoms with Gasteiger partial charge in [0.05, 0.1) is 5.69 Å². The molecule has 5 nitrogen and oxygen atoms in total. The Bertz CT molecular complexity index is 692. The van der Waals surface area contributed by atoms with E-state index >= 15 is 0 Å². The fraction of sp³-hybridized carbons (Fsp3) is 0.286. The molecule has 1 N–H and O–H groups in total. The van der Waals surface area contributed by atoms with Crippen LogP contribution < -0.4 is 4.72 Å². The number of aromatic nitrogens is 2. The van der Waals surface area contributed by atoms with E-state index in [0.29, 0.717) is 11.4 Å². The molecule has 2 rings (SSSR count). The summed E-state index contributed by atoms with van der Waals surface area (Å²) >= 11 is 0. The number of pyridine rings is 2. The first-order chi connectivity index (χ1) is 9.30. The minimum atomic E-state index is -3.65. The number of hydrogen-bond donors (Lipinski definition) is 1. The van der Waals surface area contributed by atoms with Gasteiger partial charge >= 0.3 is 0 Å². The van der Waals surface area contributed by atoms with Crippen LogP contribution in [0.1, 0.15) is 20.8 Å². The molecule has 0 radical (unpaired) electrons. The second-order valence-corrected chi connectivity index (χ2v) is 7.07. The van der Waals surface area contributed by atoms with Crippen molar-refractivity contribution in [3.8, 4) is 11.4 Å². The highest BCUT2D eigenvalue weighted by Crippen LogP contribution is 2.23. The number of sulfonamides is 1. The zero-order valence-electron chi connectivity index (χ0n) is 11.7. The SMILES string of the molecule is CC(C)(C)NS(=O)(=O)c1cccnc1-c1ccccn1. The van der Waals surface area contributed by atoms with E-state index in [9.17, 15) is 8.42 Å². The third-order valence-electron chi connectivity index (χ3n) is 2.41. The molecule has 0 aliphatic rings. The Morgan fingerprint density at radius 3 is 2.30 bits per heavy atom. The predicted molar refractivity (Wildman–Crippen MR) is 77.5 cm³/mol. The van der Waals surface area contributed by atoms with Crippen molar-refractivity contribution in [1.29, 1.82) is 0 Å². The van der Waals surface area contributed by atoms with Gasteiger partial charge in [-0.1, -0.05) is 6.07 Å². The highest BCUT2D eigenvalue weighted by atomic mass is 32.2. The summed E-state index contributed by atoms with van der Waals surface area (Å²) in [5.41, 5.74) is 0.322. The predicted octanol–water partition coefficient (Wildman–Crippen LogP) is 2.22. The van der Waals surface area contributed by atoms with Gasteiger partial charge in [-0.3, -0.25) is 9.97 Å². The number of nitrogens with zero attached hydrogens (tertiary/aromatic N) is 2. The number of hydrogen-bond acceptors (Lipinski definition) is 4. The van der Waals surface area contributed by atoms with Crippen molar-refractivity contribution < 1.29 is 8.42 Å². The Kier molecular flexibility index (Phi) is 3.87. The molecule has 106 valence electrons. The monoisotopic (exact) mass is 291 g/mol. The lowest BCUT2D eigenvalue weighted by molar-refractivity contribution is 0.491. The molecule has 0 aliphatic carbocycles. The van der Waals surface area contributed by atoms with Crippen LogP contribution in [0, 0.1) is 0 Å². The Balaban J connectivity index is 2.54. The van der Waals surface area contributed by atoms with Crippen LogP contribution >= 0.6 is 0 Å². The molecule has 0 fully saturated rings. The van der Waals surface area contributed by atoms with Gasteiger partial charge < -0.3 is 0 Å². The zero-order valence-corrected chi connectivity index (χ0v) is 12.5. The average molecular weight is 291 g/mol. The Morgan fingerprint density at radius 2 is 1.70 bits per heavy atom. The van der Waals surface area contributed by atoms with E-state index in [-0.39, 0.29) is 4.90 Å². The standard InChI is InChI=1S/C14H17N3O2S/c1-14(2,3)17-20(18,19)12-8-6-10-16-13(12)11-7-4-5-9-15-11/h4-10,17H,1-3H3. The molecule has 20 heavy (non-hydrogen) atoms. The third kappa shape index (κ3) is 3.40. The molecular weight excluding hydrogens is 274 g/mol.